The summed E-state index contributed by atoms with van der Waals surface area (Å²) in [5.41, 5.74) is 0.811. The van der Waals surface area contributed by atoms with Crippen LogP contribution in [-0.2, 0) is 4.79 Å². The van der Waals surface area contributed by atoms with E-state index in [-0.39, 0.29) is 11.5 Å². The number of rotatable bonds is 6. The molecular formula is C22H27N5O4. The Morgan fingerprint density at radius 1 is 1.35 bits per heavy atom. The number of aromatic carboxylic acids is 1. The van der Waals surface area contributed by atoms with Gasteiger partial charge in [-0.25, -0.2) is 9.78 Å². The van der Waals surface area contributed by atoms with Crippen LogP contribution in [0, 0.1) is 11.3 Å². The molecule has 0 saturated heterocycles. The van der Waals surface area contributed by atoms with Crippen molar-refractivity contribution < 1.29 is 19.4 Å². The normalized spacial score (nSPS) is 17.7. The summed E-state index contributed by atoms with van der Waals surface area (Å²) >= 11 is 0. The van der Waals surface area contributed by atoms with Gasteiger partial charge in [0.2, 0.25) is 11.9 Å². The van der Waals surface area contributed by atoms with Crippen LogP contribution < -0.4 is 19.9 Å². The van der Waals surface area contributed by atoms with E-state index in [1.807, 2.05) is 13.8 Å². The molecule has 1 saturated carbocycles. The lowest BCUT2D eigenvalue weighted by Crippen LogP contribution is -2.43. The van der Waals surface area contributed by atoms with Crippen LogP contribution in [0.3, 0.4) is 0 Å². The summed E-state index contributed by atoms with van der Waals surface area (Å²) in [5, 5.41) is 12.3. The lowest BCUT2D eigenvalue weighted by Gasteiger charge is -2.29. The number of methoxy groups -OCH3 is 1. The van der Waals surface area contributed by atoms with Crippen LogP contribution in [0.4, 0.5) is 23.1 Å². The molecule has 9 heteroatoms. The van der Waals surface area contributed by atoms with E-state index in [0.29, 0.717) is 41.4 Å². The topological polar surface area (TPSA) is 108 Å². The van der Waals surface area contributed by atoms with Crippen molar-refractivity contribution in [3.05, 3.63) is 30.0 Å². The van der Waals surface area contributed by atoms with Gasteiger partial charge in [-0.05, 0) is 50.8 Å². The van der Waals surface area contributed by atoms with Crippen molar-refractivity contribution in [3.8, 4) is 5.75 Å². The molecule has 1 fully saturated rings. The summed E-state index contributed by atoms with van der Waals surface area (Å²) in [7, 11) is 3.23. The molecule has 2 aromatic rings. The zero-order chi connectivity index (χ0) is 22.3. The van der Waals surface area contributed by atoms with Gasteiger partial charge in [0.1, 0.15) is 11.4 Å². The molecule has 2 N–H and O–H groups in total. The smallest absolute Gasteiger partial charge is 0.335 e. The summed E-state index contributed by atoms with van der Waals surface area (Å²) in [6.45, 7) is 5.34. The average Bonchev–Trinajstić information content (AvgIpc) is 3.56. The van der Waals surface area contributed by atoms with Gasteiger partial charge in [0.05, 0.1) is 30.0 Å². The number of hydrogen-bond acceptors (Lipinski definition) is 7. The molecule has 0 atom stereocenters. The fraction of sp³-hybridized carbons (Fsp3) is 0.455. The van der Waals surface area contributed by atoms with E-state index in [1.54, 1.807) is 24.2 Å². The maximum atomic E-state index is 13.0. The SMILES string of the molecule is COc1cc(C(=O)O)ccc1Nc1ncc2c(n1)N(CC1CC1)CC(C)(C)C(=O)N2C. The van der Waals surface area contributed by atoms with E-state index in [0.717, 1.165) is 6.54 Å². The van der Waals surface area contributed by atoms with Gasteiger partial charge in [-0.1, -0.05) is 0 Å². The van der Waals surface area contributed by atoms with Gasteiger partial charge in [0, 0.05) is 20.1 Å². The fourth-order valence-electron chi connectivity index (χ4n) is 3.89. The second kappa shape index (κ2) is 7.72. The Kier molecular flexibility index (Phi) is 5.20. The van der Waals surface area contributed by atoms with Gasteiger partial charge in [-0.3, -0.25) is 4.79 Å². The van der Waals surface area contributed by atoms with E-state index < -0.39 is 11.4 Å². The van der Waals surface area contributed by atoms with Gasteiger partial charge in [-0.2, -0.15) is 4.98 Å². The Morgan fingerprint density at radius 3 is 2.74 bits per heavy atom. The Bertz CT molecular complexity index is 1030. The largest absolute Gasteiger partial charge is 0.495 e. The van der Waals surface area contributed by atoms with E-state index in [9.17, 15) is 14.7 Å². The number of amides is 1. The third-order valence-corrected chi connectivity index (χ3v) is 5.75. The molecule has 2 aliphatic rings. The highest BCUT2D eigenvalue weighted by molar-refractivity contribution is 6.00. The highest BCUT2D eigenvalue weighted by atomic mass is 16.5. The predicted octanol–water partition coefficient (Wildman–Crippen LogP) is 3.15. The minimum Gasteiger partial charge on any atom is -0.495 e. The Balaban J connectivity index is 1.70. The predicted molar refractivity (Wildman–Crippen MR) is 117 cm³/mol. The number of aromatic nitrogens is 2. The molecule has 1 aliphatic heterocycles. The van der Waals surface area contributed by atoms with Crippen molar-refractivity contribution in [2.24, 2.45) is 11.3 Å². The second-order valence-electron chi connectivity index (χ2n) is 8.82. The number of fused-ring (bicyclic) bond motifs is 1. The number of carbonyl (C=O) groups is 2. The molecule has 0 radical (unpaired) electrons. The number of carboxylic acid groups (broad SMARTS) is 1. The van der Waals surface area contributed by atoms with Crippen LogP contribution in [0.5, 0.6) is 5.75 Å². The lowest BCUT2D eigenvalue weighted by molar-refractivity contribution is -0.125. The molecule has 1 amide bonds. The summed E-state index contributed by atoms with van der Waals surface area (Å²) < 4.78 is 5.34. The van der Waals surface area contributed by atoms with Crippen LogP contribution in [0.1, 0.15) is 37.0 Å². The maximum Gasteiger partial charge on any atom is 0.335 e. The number of carboxylic acids is 1. The Hall–Kier alpha value is -3.36. The van der Waals surface area contributed by atoms with Crippen LogP contribution >= 0.6 is 0 Å². The molecule has 4 rings (SSSR count). The first-order valence-electron chi connectivity index (χ1n) is 10.3. The number of anilines is 4. The van der Waals surface area contributed by atoms with Gasteiger partial charge >= 0.3 is 5.97 Å². The summed E-state index contributed by atoms with van der Waals surface area (Å²) in [6, 6.07) is 4.56. The number of carbonyl (C=O) groups excluding carboxylic acids is 1. The molecule has 31 heavy (non-hydrogen) atoms. The van der Waals surface area contributed by atoms with Gasteiger partial charge in [0.25, 0.3) is 0 Å². The van der Waals surface area contributed by atoms with Crippen LogP contribution in [-0.4, -0.2) is 54.2 Å². The minimum absolute atomic E-state index is 0.0299. The molecule has 164 valence electrons. The van der Waals surface area contributed by atoms with Crippen LogP contribution in [0.2, 0.25) is 0 Å². The van der Waals surface area contributed by atoms with Gasteiger partial charge in [-0.15, -0.1) is 0 Å². The Morgan fingerprint density at radius 2 is 2.10 bits per heavy atom. The molecule has 0 bridgehead atoms. The standard InChI is InChI=1S/C22H27N5O4/c1-22(2)12-27(11-13-5-6-13)18-16(26(3)20(22)30)10-23-21(25-18)24-15-8-7-14(19(28)29)9-17(15)31-4/h7-10,13H,5-6,11-12H2,1-4H3,(H,28,29)(H,23,24,25). The van der Waals surface area contributed by atoms with E-state index >= 15 is 0 Å². The molecule has 1 aromatic carbocycles. The monoisotopic (exact) mass is 425 g/mol. The molecule has 1 aliphatic carbocycles. The third kappa shape index (κ3) is 4.12. The van der Waals surface area contributed by atoms with Crippen molar-refractivity contribution in [1.29, 1.82) is 0 Å². The van der Waals surface area contributed by atoms with E-state index in [2.05, 4.69) is 15.2 Å². The number of nitrogens with one attached hydrogen (secondary N) is 1. The molecular weight excluding hydrogens is 398 g/mol. The molecule has 0 spiro atoms. The Labute approximate surface area is 181 Å². The zero-order valence-corrected chi connectivity index (χ0v) is 18.2. The average molecular weight is 425 g/mol. The van der Waals surface area contributed by atoms with Gasteiger partial charge in [0.15, 0.2) is 5.82 Å². The zero-order valence-electron chi connectivity index (χ0n) is 18.2. The number of benzene rings is 1. The van der Waals surface area contributed by atoms with Crippen molar-refractivity contribution in [1.82, 2.24) is 9.97 Å². The minimum atomic E-state index is -1.03. The fourth-order valence-corrected chi connectivity index (χ4v) is 3.89. The number of hydrogen-bond donors (Lipinski definition) is 2. The molecule has 1 aromatic heterocycles. The quantitative estimate of drug-likeness (QED) is 0.727. The van der Waals surface area contributed by atoms with Crippen molar-refractivity contribution in [2.45, 2.75) is 26.7 Å². The second-order valence-corrected chi connectivity index (χ2v) is 8.82. The third-order valence-electron chi connectivity index (χ3n) is 5.75. The van der Waals surface area contributed by atoms with Crippen molar-refractivity contribution in [2.75, 3.05) is 42.4 Å². The summed E-state index contributed by atoms with van der Waals surface area (Å²) in [5.74, 6) is 1.06. The highest BCUT2D eigenvalue weighted by Crippen LogP contribution is 2.40. The van der Waals surface area contributed by atoms with Crippen molar-refractivity contribution >= 4 is 35.0 Å². The molecule has 0 unspecified atom stereocenters. The van der Waals surface area contributed by atoms with Crippen LogP contribution in [0.25, 0.3) is 0 Å². The first-order valence-corrected chi connectivity index (χ1v) is 10.3. The van der Waals surface area contributed by atoms with Crippen LogP contribution in [0.15, 0.2) is 24.4 Å². The van der Waals surface area contributed by atoms with Crippen molar-refractivity contribution in [3.63, 3.8) is 0 Å². The molecule has 9 nitrogen and oxygen atoms in total. The number of nitrogens with zero attached hydrogens (tertiary/aromatic N) is 4. The summed E-state index contributed by atoms with van der Waals surface area (Å²) in [4.78, 5) is 37.2. The van der Waals surface area contributed by atoms with Gasteiger partial charge < -0.3 is 25.0 Å². The lowest BCUT2D eigenvalue weighted by atomic mass is 9.91. The van der Waals surface area contributed by atoms with E-state index in [4.69, 9.17) is 9.72 Å². The van der Waals surface area contributed by atoms with E-state index in [1.165, 1.54) is 32.1 Å². The first kappa shape index (κ1) is 20.9. The summed E-state index contributed by atoms with van der Waals surface area (Å²) in [6.07, 6.45) is 4.04. The molecule has 2 heterocycles. The maximum absolute atomic E-state index is 13.0. The first-order chi connectivity index (χ1) is 14.7. The highest BCUT2D eigenvalue weighted by Gasteiger charge is 2.40. The number of ether oxygens (including phenoxy) is 1.